The van der Waals surface area contributed by atoms with Gasteiger partial charge in [0.15, 0.2) is 0 Å². The van der Waals surface area contributed by atoms with Crippen LogP contribution in [0.1, 0.15) is 29.1 Å². The van der Waals surface area contributed by atoms with Gasteiger partial charge < -0.3 is 16.3 Å². The minimum absolute atomic E-state index is 0.304. The first-order valence-electron chi connectivity index (χ1n) is 5.31. The molecule has 0 bridgehead atoms. The van der Waals surface area contributed by atoms with Crippen LogP contribution in [0.25, 0.3) is 0 Å². The molecule has 1 aromatic heterocycles. The lowest BCUT2D eigenvalue weighted by Crippen LogP contribution is -2.15. The zero-order chi connectivity index (χ0) is 11.8. The van der Waals surface area contributed by atoms with Gasteiger partial charge in [-0.2, -0.15) is 0 Å². The average molecular weight is 242 g/mol. The summed E-state index contributed by atoms with van der Waals surface area (Å²) in [5, 5.41) is 15.7. The smallest absolute Gasteiger partial charge is 0.139 e. The third kappa shape index (κ3) is 5.09. The summed E-state index contributed by atoms with van der Waals surface area (Å²) in [6.45, 7) is 3.82. The Bertz CT molecular complexity index is 337. The van der Waals surface area contributed by atoms with Crippen LogP contribution in [0.4, 0.5) is 0 Å². The van der Waals surface area contributed by atoms with Gasteiger partial charge >= 0.3 is 0 Å². The predicted octanol–water partition coefficient (Wildman–Crippen LogP) is 1.46. The number of aryl methyl sites for hydroxylation is 1. The number of nitrogens with one attached hydrogen (secondary N) is 1. The summed E-state index contributed by atoms with van der Waals surface area (Å²) in [6.07, 6.45) is 4.51. The molecule has 1 aromatic rings. The highest BCUT2D eigenvalue weighted by Gasteiger charge is 1.97. The molecule has 0 saturated carbocycles. The van der Waals surface area contributed by atoms with E-state index < -0.39 is 0 Å². The molecule has 0 saturated heterocycles. The molecule has 90 valence electrons. The highest BCUT2D eigenvalue weighted by atomic mass is 32.1. The summed E-state index contributed by atoms with van der Waals surface area (Å²) < 4.78 is 0. The first kappa shape index (κ1) is 12.9. The Labute approximate surface area is 99.4 Å². The van der Waals surface area contributed by atoms with Gasteiger partial charge in [-0.05, 0) is 26.3 Å². The van der Waals surface area contributed by atoms with E-state index in [9.17, 15) is 0 Å². The van der Waals surface area contributed by atoms with Gasteiger partial charge in [0.05, 0.1) is 5.01 Å². The van der Waals surface area contributed by atoms with Crippen molar-refractivity contribution in [2.75, 3.05) is 6.54 Å². The molecule has 4 N–H and O–H groups in total. The third-order valence-corrected chi connectivity index (χ3v) is 3.05. The van der Waals surface area contributed by atoms with Crippen LogP contribution in [-0.4, -0.2) is 22.6 Å². The van der Waals surface area contributed by atoms with Crippen LogP contribution in [0.3, 0.4) is 0 Å². The van der Waals surface area contributed by atoms with Crippen molar-refractivity contribution in [3.05, 3.63) is 16.1 Å². The lowest BCUT2D eigenvalue weighted by atomic mass is 10.2. The Morgan fingerprint density at radius 2 is 2.44 bits per heavy atom. The maximum Gasteiger partial charge on any atom is 0.139 e. The molecular weight excluding hydrogens is 224 g/mol. The van der Waals surface area contributed by atoms with E-state index in [4.69, 9.17) is 10.9 Å². The molecule has 0 aliphatic carbocycles. The van der Waals surface area contributed by atoms with Crippen molar-refractivity contribution in [2.24, 2.45) is 10.9 Å². The summed E-state index contributed by atoms with van der Waals surface area (Å²) in [5.41, 5.74) is 5.35. The number of nitrogens with two attached hydrogens (primary N) is 1. The Morgan fingerprint density at radius 3 is 3.06 bits per heavy atom. The van der Waals surface area contributed by atoms with Crippen LogP contribution < -0.4 is 11.1 Å². The van der Waals surface area contributed by atoms with Crippen LogP contribution >= 0.6 is 11.3 Å². The molecule has 6 heteroatoms. The first-order chi connectivity index (χ1) is 7.72. The number of oxime groups is 1. The van der Waals surface area contributed by atoms with Crippen molar-refractivity contribution in [1.82, 2.24) is 10.3 Å². The number of hydrogen-bond donors (Lipinski definition) is 3. The van der Waals surface area contributed by atoms with Crippen molar-refractivity contribution in [3.63, 3.8) is 0 Å². The molecule has 5 nitrogen and oxygen atoms in total. The third-order valence-electron chi connectivity index (χ3n) is 2.13. The largest absolute Gasteiger partial charge is 0.409 e. The number of thiazole rings is 1. The minimum Gasteiger partial charge on any atom is -0.409 e. The van der Waals surface area contributed by atoms with Gasteiger partial charge in [0, 0.05) is 24.0 Å². The number of nitrogens with zero attached hydrogens (tertiary/aromatic N) is 2. The van der Waals surface area contributed by atoms with Crippen LogP contribution in [-0.2, 0) is 6.54 Å². The lowest BCUT2D eigenvalue weighted by molar-refractivity contribution is 0.316. The van der Waals surface area contributed by atoms with Gasteiger partial charge in [-0.15, -0.1) is 11.3 Å². The Balaban J connectivity index is 2.00. The number of hydrogen-bond acceptors (Lipinski definition) is 5. The maximum absolute atomic E-state index is 8.33. The minimum atomic E-state index is 0.304. The molecule has 0 fully saturated rings. The molecule has 0 atom stereocenters. The number of amidine groups is 1. The van der Waals surface area contributed by atoms with Crippen LogP contribution in [0.2, 0.25) is 0 Å². The second kappa shape index (κ2) is 7.19. The summed E-state index contributed by atoms with van der Waals surface area (Å²) in [4.78, 5) is 5.44. The second-order valence-electron chi connectivity index (χ2n) is 3.57. The predicted molar refractivity (Wildman–Crippen MR) is 65.8 cm³/mol. The fraction of sp³-hybridized carbons (Fsp3) is 0.600. The van der Waals surface area contributed by atoms with E-state index in [2.05, 4.69) is 15.5 Å². The molecule has 0 aliphatic heterocycles. The van der Waals surface area contributed by atoms with E-state index in [-0.39, 0.29) is 0 Å². The van der Waals surface area contributed by atoms with Gasteiger partial charge in [-0.3, -0.25) is 0 Å². The number of aromatic nitrogens is 1. The van der Waals surface area contributed by atoms with Gasteiger partial charge in [0.2, 0.25) is 0 Å². The standard InChI is InChI=1S/C10H18N4OS/c1-8-13-7-9(16-8)6-12-5-3-2-4-10(11)14-15/h7,12,15H,2-6H2,1H3,(H2,11,14). The molecule has 0 aromatic carbocycles. The number of rotatable bonds is 7. The van der Waals surface area contributed by atoms with E-state index in [1.807, 2.05) is 13.1 Å². The van der Waals surface area contributed by atoms with Crippen molar-refractivity contribution in [3.8, 4) is 0 Å². The summed E-state index contributed by atoms with van der Waals surface area (Å²) in [5.74, 6) is 0.304. The Hall–Kier alpha value is -1.14. The highest BCUT2D eigenvalue weighted by Crippen LogP contribution is 2.10. The summed E-state index contributed by atoms with van der Waals surface area (Å²) >= 11 is 1.71. The van der Waals surface area contributed by atoms with Crippen molar-refractivity contribution in [1.29, 1.82) is 0 Å². The molecule has 0 amide bonds. The van der Waals surface area contributed by atoms with Crippen LogP contribution in [0, 0.1) is 6.92 Å². The molecule has 1 heterocycles. The Morgan fingerprint density at radius 1 is 1.62 bits per heavy atom. The summed E-state index contributed by atoms with van der Waals surface area (Å²) in [6, 6.07) is 0. The summed E-state index contributed by atoms with van der Waals surface area (Å²) in [7, 11) is 0. The van der Waals surface area contributed by atoms with E-state index in [0.717, 1.165) is 30.9 Å². The molecule has 0 radical (unpaired) electrons. The van der Waals surface area contributed by atoms with Crippen molar-refractivity contribution in [2.45, 2.75) is 32.7 Å². The zero-order valence-electron chi connectivity index (χ0n) is 9.44. The van der Waals surface area contributed by atoms with Crippen molar-refractivity contribution >= 4 is 17.2 Å². The average Bonchev–Trinajstić information content (AvgIpc) is 2.69. The topological polar surface area (TPSA) is 83.5 Å². The normalized spacial score (nSPS) is 11.9. The SMILES string of the molecule is Cc1ncc(CNCCCCC(N)=NO)s1. The quantitative estimate of drug-likeness (QED) is 0.222. The highest BCUT2D eigenvalue weighted by molar-refractivity contribution is 7.11. The molecule has 16 heavy (non-hydrogen) atoms. The first-order valence-corrected chi connectivity index (χ1v) is 6.12. The molecule has 0 unspecified atom stereocenters. The van der Waals surface area contributed by atoms with Gasteiger partial charge in [0.25, 0.3) is 0 Å². The second-order valence-corrected chi connectivity index (χ2v) is 4.89. The maximum atomic E-state index is 8.33. The monoisotopic (exact) mass is 242 g/mol. The van der Waals surface area contributed by atoms with Gasteiger partial charge in [-0.1, -0.05) is 5.16 Å². The lowest BCUT2D eigenvalue weighted by Gasteiger charge is -2.02. The van der Waals surface area contributed by atoms with Gasteiger partial charge in [0.1, 0.15) is 5.84 Å². The molecular formula is C10H18N4OS. The molecule has 1 rings (SSSR count). The fourth-order valence-electron chi connectivity index (χ4n) is 1.30. The fourth-order valence-corrected chi connectivity index (χ4v) is 2.07. The molecule has 0 spiro atoms. The number of unbranched alkanes of at least 4 members (excludes halogenated alkanes) is 1. The van der Waals surface area contributed by atoms with E-state index in [1.165, 1.54) is 4.88 Å². The van der Waals surface area contributed by atoms with Crippen molar-refractivity contribution < 1.29 is 5.21 Å². The van der Waals surface area contributed by atoms with Gasteiger partial charge in [-0.25, -0.2) is 4.98 Å². The van der Waals surface area contributed by atoms with Crippen LogP contribution in [0.5, 0.6) is 0 Å². The van der Waals surface area contributed by atoms with E-state index in [0.29, 0.717) is 12.3 Å². The Kier molecular flexibility index (Phi) is 5.81. The van der Waals surface area contributed by atoms with E-state index >= 15 is 0 Å². The molecule has 0 aliphatic rings. The van der Waals surface area contributed by atoms with Crippen LogP contribution in [0.15, 0.2) is 11.4 Å². The zero-order valence-corrected chi connectivity index (χ0v) is 10.3. The van der Waals surface area contributed by atoms with E-state index in [1.54, 1.807) is 11.3 Å².